The van der Waals surface area contributed by atoms with E-state index in [1.165, 1.54) is 18.0 Å². The zero-order valence-corrected chi connectivity index (χ0v) is 17.1. The van der Waals surface area contributed by atoms with E-state index in [4.69, 9.17) is 9.47 Å². The van der Waals surface area contributed by atoms with E-state index in [0.717, 1.165) is 4.31 Å². The lowest BCUT2D eigenvalue weighted by Crippen LogP contribution is -2.49. The van der Waals surface area contributed by atoms with Gasteiger partial charge >= 0.3 is 12.0 Å². The number of sulfonamides is 1. The predicted octanol–water partition coefficient (Wildman–Crippen LogP) is 2.77. The summed E-state index contributed by atoms with van der Waals surface area (Å²) in [5.74, 6) is 0.0690. The molecule has 0 unspecified atom stereocenters. The summed E-state index contributed by atoms with van der Waals surface area (Å²) in [5, 5.41) is 0. The molecule has 27 heavy (non-hydrogen) atoms. The second kappa shape index (κ2) is 8.16. The molecule has 1 aromatic rings. The van der Waals surface area contributed by atoms with Crippen molar-refractivity contribution in [2.45, 2.75) is 57.6 Å². The maximum Gasteiger partial charge on any atom is 0.338 e. The van der Waals surface area contributed by atoms with Gasteiger partial charge in [-0.25, -0.2) is 17.5 Å². The van der Waals surface area contributed by atoms with Crippen LogP contribution in [-0.4, -0.2) is 50.5 Å². The first kappa shape index (κ1) is 21.0. The van der Waals surface area contributed by atoms with Gasteiger partial charge in [0, 0.05) is 26.1 Å². The van der Waals surface area contributed by atoms with Crippen molar-refractivity contribution in [1.29, 1.82) is 0 Å². The van der Waals surface area contributed by atoms with Crippen LogP contribution in [0.2, 0.25) is 0 Å². The first-order valence-corrected chi connectivity index (χ1v) is 10.3. The Hall–Kier alpha value is -2.29. The largest absolute Gasteiger partial charge is 0.491 e. The number of esters is 1. The Morgan fingerprint density at radius 1 is 1.15 bits per heavy atom. The van der Waals surface area contributed by atoms with E-state index in [1.54, 1.807) is 26.0 Å². The fourth-order valence-electron chi connectivity index (χ4n) is 2.72. The third-order valence-electron chi connectivity index (χ3n) is 3.84. The van der Waals surface area contributed by atoms with Crippen LogP contribution in [0, 0.1) is 0 Å². The normalized spacial score (nSPS) is 15.9. The minimum atomic E-state index is -4.00. The van der Waals surface area contributed by atoms with E-state index in [0.29, 0.717) is 5.75 Å². The van der Waals surface area contributed by atoms with Gasteiger partial charge in [0.25, 0.3) is 10.0 Å². The van der Waals surface area contributed by atoms with Crippen LogP contribution in [0.3, 0.4) is 0 Å². The van der Waals surface area contributed by atoms with Gasteiger partial charge in [-0.2, -0.15) is 0 Å². The fraction of sp³-hybridized carbons (Fsp3) is 0.556. The third-order valence-corrected chi connectivity index (χ3v) is 5.66. The molecule has 9 heteroatoms. The van der Waals surface area contributed by atoms with Crippen molar-refractivity contribution in [2.24, 2.45) is 0 Å². The Morgan fingerprint density at radius 3 is 2.41 bits per heavy atom. The van der Waals surface area contributed by atoms with Crippen LogP contribution in [0.4, 0.5) is 10.5 Å². The highest BCUT2D eigenvalue weighted by atomic mass is 32.2. The summed E-state index contributed by atoms with van der Waals surface area (Å²) in [6.07, 6.45) is -0.0897. The lowest BCUT2D eigenvalue weighted by molar-refractivity contribution is -0.147. The zero-order chi connectivity index (χ0) is 20.4. The predicted molar refractivity (Wildman–Crippen MR) is 100 cm³/mol. The molecule has 2 rings (SSSR count). The molecule has 1 aliphatic heterocycles. The molecule has 0 saturated carbocycles. The number of hydrogen-bond donors (Lipinski definition) is 0. The second-order valence-electron chi connectivity index (χ2n) is 6.86. The summed E-state index contributed by atoms with van der Waals surface area (Å²) in [5.41, 5.74) is 0.272. The van der Waals surface area contributed by atoms with Gasteiger partial charge < -0.3 is 9.47 Å². The Bertz CT molecular complexity index is 819. The highest BCUT2D eigenvalue weighted by Crippen LogP contribution is 2.36. The molecule has 0 fully saturated rings. The molecule has 0 spiro atoms. The molecule has 0 aromatic heterocycles. The summed E-state index contributed by atoms with van der Waals surface area (Å²) < 4.78 is 37.1. The monoisotopic (exact) mass is 398 g/mol. The SMILES string of the molecule is CC(C)OC(=O)CCCN1C(=O)N(C)c2cc(OC(C)C)ccc2S1(=O)=O. The molecule has 1 aromatic carbocycles. The number of fused-ring (bicyclic) bond motifs is 1. The lowest BCUT2D eigenvalue weighted by Gasteiger charge is -2.34. The van der Waals surface area contributed by atoms with Crippen molar-refractivity contribution < 1.29 is 27.5 Å². The molecule has 0 bridgehead atoms. The maximum atomic E-state index is 12.9. The first-order valence-electron chi connectivity index (χ1n) is 8.84. The van der Waals surface area contributed by atoms with Gasteiger partial charge in [0.15, 0.2) is 0 Å². The van der Waals surface area contributed by atoms with Crippen molar-refractivity contribution in [3.05, 3.63) is 18.2 Å². The van der Waals surface area contributed by atoms with Gasteiger partial charge in [-0.3, -0.25) is 9.69 Å². The molecule has 0 radical (unpaired) electrons. The van der Waals surface area contributed by atoms with Crippen LogP contribution in [0.15, 0.2) is 23.1 Å². The summed E-state index contributed by atoms with van der Waals surface area (Å²) in [6.45, 7) is 7.09. The number of rotatable bonds is 7. The van der Waals surface area contributed by atoms with Crippen molar-refractivity contribution in [2.75, 3.05) is 18.5 Å². The molecule has 8 nitrogen and oxygen atoms in total. The van der Waals surface area contributed by atoms with Gasteiger partial charge in [-0.15, -0.1) is 0 Å². The Balaban J connectivity index is 2.21. The Morgan fingerprint density at radius 2 is 1.81 bits per heavy atom. The van der Waals surface area contributed by atoms with E-state index in [2.05, 4.69) is 0 Å². The number of ether oxygens (including phenoxy) is 2. The highest BCUT2D eigenvalue weighted by molar-refractivity contribution is 7.90. The van der Waals surface area contributed by atoms with Crippen LogP contribution in [0.5, 0.6) is 5.75 Å². The molecular formula is C18H26N2O6S. The highest BCUT2D eigenvalue weighted by Gasteiger charge is 2.40. The zero-order valence-electron chi connectivity index (χ0n) is 16.3. The lowest BCUT2D eigenvalue weighted by atomic mass is 10.2. The number of urea groups is 1. The van der Waals surface area contributed by atoms with E-state index in [1.807, 2.05) is 13.8 Å². The summed E-state index contributed by atoms with van der Waals surface area (Å²) in [6, 6.07) is 3.88. The molecule has 1 aliphatic rings. The van der Waals surface area contributed by atoms with Gasteiger partial charge in [0.1, 0.15) is 10.6 Å². The number of carbonyl (C=O) groups excluding carboxylic acids is 2. The maximum absolute atomic E-state index is 12.9. The fourth-order valence-corrected chi connectivity index (χ4v) is 4.35. The van der Waals surface area contributed by atoms with Crippen molar-refractivity contribution in [3.8, 4) is 5.75 Å². The average Bonchev–Trinajstić information content (AvgIpc) is 2.54. The van der Waals surface area contributed by atoms with Crippen molar-refractivity contribution in [1.82, 2.24) is 4.31 Å². The number of benzene rings is 1. The second-order valence-corrected chi connectivity index (χ2v) is 8.69. The number of anilines is 1. The average molecular weight is 398 g/mol. The standard InChI is InChI=1S/C18H26N2O6S/c1-12(2)25-14-8-9-16-15(11-14)19(5)18(22)20(27(16,23)24)10-6-7-17(21)26-13(3)4/h8-9,11-13H,6-7,10H2,1-5H3. The van der Waals surface area contributed by atoms with Crippen molar-refractivity contribution >= 4 is 27.7 Å². The number of carbonyl (C=O) groups is 2. The minimum absolute atomic E-state index is 0.0328. The smallest absolute Gasteiger partial charge is 0.338 e. The van der Waals surface area contributed by atoms with Gasteiger partial charge in [-0.1, -0.05) is 0 Å². The van der Waals surface area contributed by atoms with Crippen LogP contribution in [0.25, 0.3) is 0 Å². The van der Waals surface area contributed by atoms with E-state index >= 15 is 0 Å². The van der Waals surface area contributed by atoms with Gasteiger partial charge in [-0.05, 0) is 46.2 Å². The topological polar surface area (TPSA) is 93.2 Å². The molecule has 0 N–H and O–H groups in total. The molecule has 150 valence electrons. The van der Waals surface area contributed by atoms with Gasteiger partial charge in [0.2, 0.25) is 0 Å². The summed E-state index contributed by atoms with van der Waals surface area (Å²) >= 11 is 0. The van der Waals surface area contributed by atoms with E-state index in [-0.39, 0.29) is 42.2 Å². The van der Waals surface area contributed by atoms with Crippen molar-refractivity contribution in [3.63, 3.8) is 0 Å². The Kier molecular flexibility index (Phi) is 6.35. The van der Waals surface area contributed by atoms with Crippen LogP contribution in [0.1, 0.15) is 40.5 Å². The van der Waals surface area contributed by atoms with E-state index < -0.39 is 22.0 Å². The number of hydrogen-bond acceptors (Lipinski definition) is 6. The molecule has 2 amide bonds. The number of amides is 2. The first-order chi connectivity index (χ1) is 12.5. The molecule has 0 saturated heterocycles. The van der Waals surface area contributed by atoms with Gasteiger partial charge in [0.05, 0.1) is 17.9 Å². The molecular weight excluding hydrogens is 372 g/mol. The molecule has 0 aliphatic carbocycles. The van der Waals surface area contributed by atoms with Crippen LogP contribution < -0.4 is 9.64 Å². The molecule has 1 heterocycles. The molecule has 0 atom stereocenters. The van der Waals surface area contributed by atoms with Crippen LogP contribution >= 0.6 is 0 Å². The minimum Gasteiger partial charge on any atom is -0.491 e. The van der Waals surface area contributed by atoms with Crippen LogP contribution in [-0.2, 0) is 19.6 Å². The third kappa shape index (κ3) is 4.71. The summed E-state index contributed by atoms with van der Waals surface area (Å²) in [7, 11) is -2.49. The van der Waals surface area contributed by atoms with E-state index in [9.17, 15) is 18.0 Å². The number of nitrogens with zero attached hydrogens (tertiary/aromatic N) is 2. The quantitative estimate of drug-likeness (QED) is 0.656. The Labute approximate surface area is 160 Å². The summed E-state index contributed by atoms with van der Waals surface area (Å²) in [4.78, 5) is 25.5.